The van der Waals surface area contributed by atoms with Crippen molar-refractivity contribution in [2.24, 2.45) is 0 Å². The van der Waals surface area contributed by atoms with Crippen molar-refractivity contribution in [2.45, 2.75) is 30.7 Å². The molecule has 8 nitrogen and oxygen atoms in total. The molecule has 0 radical (unpaired) electrons. The number of rotatable bonds is 5. The van der Waals surface area contributed by atoms with Gasteiger partial charge in [0.25, 0.3) is 0 Å². The predicted octanol–water partition coefficient (Wildman–Crippen LogP) is 0.418. The van der Waals surface area contributed by atoms with Crippen molar-refractivity contribution in [3.63, 3.8) is 0 Å². The number of ether oxygens (including phenoxy) is 4. The Balaban J connectivity index is 2.48. The van der Waals surface area contributed by atoms with Crippen LogP contribution in [0.4, 0.5) is 19.0 Å². The summed E-state index contributed by atoms with van der Waals surface area (Å²) >= 11 is 0. The molecular formula is C13H18F3N3O5. The molecule has 24 heavy (non-hydrogen) atoms. The monoisotopic (exact) mass is 353 g/mol. The Morgan fingerprint density at radius 1 is 1.29 bits per heavy atom. The molecule has 2 N–H and O–H groups in total. The third-order valence-corrected chi connectivity index (χ3v) is 3.72. The van der Waals surface area contributed by atoms with E-state index in [0.29, 0.717) is 10.8 Å². The van der Waals surface area contributed by atoms with E-state index in [4.69, 9.17) is 24.7 Å². The SMILES string of the molecule is COC[C@H]1O[C@@H](n2cc(C(F)(F)F)c(N)nc2=O)C(OC)C1OC. The molecule has 2 rings (SSSR count). The Kier molecular flexibility index (Phi) is 5.48. The van der Waals surface area contributed by atoms with Crippen LogP contribution in [0.5, 0.6) is 0 Å². The standard InChI is InChI=1S/C13H18F3N3O5/c1-21-5-7-8(22-2)9(23-3)11(24-7)19-4-6(13(14,15)16)10(17)18-12(19)20/h4,7-9,11H,5H2,1-3H3,(H2,17,18,20)/t7-,8?,9?,11-/m1/s1. The van der Waals surface area contributed by atoms with Gasteiger partial charge in [0.1, 0.15) is 29.7 Å². The van der Waals surface area contributed by atoms with Gasteiger partial charge in [-0.05, 0) is 0 Å². The Bertz CT molecular complexity index is 636. The average Bonchev–Trinajstić information content (AvgIpc) is 2.83. The lowest BCUT2D eigenvalue weighted by atomic mass is 10.1. The van der Waals surface area contributed by atoms with Gasteiger partial charge in [-0.2, -0.15) is 18.2 Å². The van der Waals surface area contributed by atoms with Gasteiger partial charge in [0.15, 0.2) is 6.23 Å². The van der Waals surface area contributed by atoms with Crippen LogP contribution in [-0.4, -0.2) is 55.8 Å². The highest BCUT2D eigenvalue weighted by molar-refractivity contribution is 5.39. The number of nitrogen functional groups attached to an aromatic ring is 1. The summed E-state index contributed by atoms with van der Waals surface area (Å²) in [6.45, 7) is 0.109. The van der Waals surface area contributed by atoms with E-state index in [1.165, 1.54) is 21.3 Å². The van der Waals surface area contributed by atoms with Crippen LogP contribution in [0.3, 0.4) is 0 Å². The molecule has 4 atom stereocenters. The summed E-state index contributed by atoms with van der Waals surface area (Å²) in [5, 5.41) is 0. The van der Waals surface area contributed by atoms with Gasteiger partial charge in [0.05, 0.1) is 6.61 Å². The summed E-state index contributed by atoms with van der Waals surface area (Å²) in [5.74, 6) is -0.896. The average molecular weight is 353 g/mol. The fourth-order valence-electron chi connectivity index (χ4n) is 2.65. The minimum absolute atomic E-state index is 0.109. The molecule has 1 aliphatic rings. The van der Waals surface area contributed by atoms with Gasteiger partial charge in [-0.1, -0.05) is 0 Å². The van der Waals surface area contributed by atoms with E-state index in [2.05, 4.69) is 4.98 Å². The Morgan fingerprint density at radius 3 is 2.42 bits per heavy atom. The van der Waals surface area contributed by atoms with Crippen LogP contribution in [0.2, 0.25) is 0 Å². The van der Waals surface area contributed by atoms with Gasteiger partial charge in [0.2, 0.25) is 0 Å². The van der Waals surface area contributed by atoms with Gasteiger partial charge >= 0.3 is 11.9 Å². The third kappa shape index (κ3) is 3.38. The van der Waals surface area contributed by atoms with E-state index in [1.54, 1.807) is 0 Å². The van der Waals surface area contributed by atoms with Crippen LogP contribution in [0.25, 0.3) is 0 Å². The fourth-order valence-corrected chi connectivity index (χ4v) is 2.65. The number of aromatic nitrogens is 2. The van der Waals surface area contributed by atoms with Crippen LogP contribution in [0.1, 0.15) is 11.8 Å². The Labute approximate surface area is 135 Å². The van der Waals surface area contributed by atoms with Crippen LogP contribution >= 0.6 is 0 Å². The first kappa shape index (κ1) is 18.6. The lowest BCUT2D eigenvalue weighted by Gasteiger charge is -2.23. The summed E-state index contributed by atoms with van der Waals surface area (Å²) in [4.78, 5) is 15.3. The second-order valence-corrected chi connectivity index (χ2v) is 5.15. The summed E-state index contributed by atoms with van der Waals surface area (Å²) in [5.41, 5.74) is 2.99. The topological polar surface area (TPSA) is 97.8 Å². The minimum atomic E-state index is -4.76. The van der Waals surface area contributed by atoms with Gasteiger partial charge in [-0.3, -0.25) is 4.57 Å². The van der Waals surface area contributed by atoms with Gasteiger partial charge in [0, 0.05) is 27.5 Å². The van der Waals surface area contributed by atoms with Crippen molar-refractivity contribution < 1.29 is 32.1 Å². The van der Waals surface area contributed by atoms with Crippen molar-refractivity contribution >= 4 is 5.82 Å². The largest absolute Gasteiger partial charge is 0.421 e. The van der Waals surface area contributed by atoms with E-state index >= 15 is 0 Å². The molecule has 2 heterocycles. The molecule has 1 aromatic rings. The van der Waals surface area contributed by atoms with E-state index in [9.17, 15) is 18.0 Å². The molecule has 1 saturated heterocycles. The van der Waals surface area contributed by atoms with Crippen molar-refractivity contribution in [1.82, 2.24) is 9.55 Å². The first-order valence-corrected chi connectivity index (χ1v) is 6.90. The highest BCUT2D eigenvalue weighted by Crippen LogP contribution is 2.35. The zero-order valence-corrected chi connectivity index (χ0v) is 13.2. The highest BCUT2D eigenvalue weighted by atomic mass is 19.4. The molecule has 136 valence electrons. The van der Waals surface area contributed by atoms with Crippen LogP contribution in [-0.2, 0) is 25.1 Å². The molecule has 0 spiro atoms. The van der Waals surface area contributed by atoms with Gasteiger partial charge in [-0.15, -0.1) is 0 Å². The minimum Gasteiger partial charge on any atom is -0.383 e. The lowest BCUT2D eigenvalue weighted by molar-refractivity contribution is -0.138. The molecule has 1 fully saturated rings. The molecular weight excluding hydrogens is 335 g/mol. The normalized spacial score (nSPS) is 27.6. The smallest absolute Gasteiger partial charge is 0.383 e. The molecule has 2 unspecified atom stereocenters. The number of hydrogen-bond acceptors (Lipinski definition) is 7. The number of methoxy groups -OCH3 is 3. The number of anilines is 1. The Hall–Kier alpha value is -1.69. The zero-order valence-electron chi connectivity index (χ0n) is 13.2. The maximum Gasteiger partial charge on any atom is 0.421 e. The van der Waals surface area contributed by atoms with E-state index in [1.807, 2.05) is 0 Å². The Morgan fingerprint density at radius 2 is 1.92 bits per heavy atom. The number of nitrogens with zero attached hydrogens (tertiary/aromatic N) is 2. The quantitative estimate of drug-likeness (QED) is 0.819. The van der Waals surface area contributed by atoms with Crippen LogP contribution in [0.15, 0.2) is 11.0 Å². The van der Waals surface area contributed by atoms with Gasteiger partial charge < -0.3 is 24.7 Å². The first-order valence-electron chi connectivity index (χ1n) is 6.90. The van der Waals surface area contributed by atoms with Crippen LogP contribution < -0.4 is 11.4 Å². The van der Waals surface area contributed by atoms with E-state index < -0.39 is 47.8 Å². The molecule has 0 bridgehead atoms. The number of halogens is 3. The third-order valence-electron chi connectivity index (χ3n) is 3.72. The van der Waals surface area contributed by atoms with Crippen molar-refractivity contribution in [2.75, 3.05) is 33.7 Å². The second-order valence-electron chi connectivity index (χ2n) is 5.15. The second kappa shape index (κ2) is 7.05. The summed E-state index contributed by atoms with van der Waals surface area (Å²) in [6.07, 6.45) is -7.46. The van der Waals surface area contributed by atoms with Crippen molar-refractivity contribution in [1.29, 1.82) is 0 Å². The summed E-state index contributed by atoms with van der Waals surface area (Å²) in [7, 11) is 4.17. The molecule has 0 amide bonds. The van der Waals surface area contributed by atoms with Crippen LogP contribution in [0, 0.1) is 0 Å². The number of nitrogens with two attached hydrogens (primary N) is 1. The molecule has 1 aliphatic heterocycles. The molecule has 11 heteroatoms. The predicted molar refractivity (Wildman–Crippen MR) is 75.3 cm³/mol. The number of alkyl halides is 3. The first-order chi connectivity index (χ1) is 11.2. The zero-order chi connectivity index (χ0) is 18.1. The molecule has 1 aromatic heterocycles. The maximum atomic E-state index is 13.0. The van der Waals surface area contributed by atoms with E-state index in [-0.39, 0.29) is 6.61 Å². The van der Waals surface area contributed by atoms with Crippen molar-refractivity contribution in [3.05, 3.63) is 22.2 Å². The maximum absolute atomic E-state index is 13.0. The summed E-state index contributed by atoms with van der Waals surface area (Å²) in [6, 6.07) is 0. The molecule has 0 aliphatic carbocycles. The molecule has 0 saturated carbocycles. The highest BCUT2D eigenvalue weighted by Gasteiger charge is 2.47. The molecule has 0 aromatic carbocycles. The fraction of sp³-hybridized carbons (Fsp3) is 0.692. The lowest BCUT2D eigenvalue weighted by Crippen LogP contribution is -2.39. The number of hydrogen-bond donors (Lipinski definition) is 1. The summed E-state index contributed by atoms with van der Waals surface area (Å²) < 4.78 is 60.9. The van der Waals surface area contributed by atoms with Crippen molar-refractivity contribution in [3.8, 4) is 0 Å². The van der Waals surface area contributed by atoms with Gasteiger partial charge in [-0.25, -0.2) is 4.79 Å². The van der Waals surface area contributed by atoms with E-state index in [0.717, 1.165) is 0 Å².